The molecule has 0 radical (unpaired) electrons. The van der Waals surface area contributed by atoms with E-state index < -0.39 is 6.04 Å². The summed E-state index contributed by atoms with van der Waals surface area (Å²) in [5, 5.41) is 2.67. The number of likely N-dealkylation sites (N-methyl/N-ethyl adjacent to an activating group) is 1. The van der Waals surface area contributed by atoms with E-state index in [1.807, 2.05) is 0 Å². The van der Waals surface area contributed by atoms with Crippen LogP contribution < -0.4 is 5.32 Å². The number of imide groups is 1. The fraction of sp³-hybridized carbons (Fsp3) is 0.308. The number of likely N-dealkylation sites (tertiary alicyclic amines) is 1. The standard InChI is InChI=1S/C13H12Br2N2O3/c1-17-11(18)5-4-10(13(17)20)16-12(19)8-6-7(14)2-3-9(8)15/h2-3,6,10H,4-5H2,1H3,(H,16,19). The van der Waals surface area contributed by atoms with Gasteiger partial charge in [-0.3, -0.25) is 19.3 Å². The second-order valence-electron chi connectivity index (χ2n) is 4.48. The largest absolute Gasteiger partial charge is 0.340 e. The third-order valence-electron chi connectivity index (χ3n) is 3.13. The topological polar surface area (TPSA) is 66.5 Å². The van der Waals surface area contributed by atoms with Crippen molar-refractivity contribution in [2.45, 2.75) is 18.9 Å². The molecule has 1 fully saturated rings. The van der Waals surface area contributed by atoms with E-state index in [0.717, 1.165) is 9.37 Å². The Bertz CT molecular complexity index is 589. The smallest absolute Gasteiger partial charge is 0.253 e. The van der Waals surface area contributed by atoms with Crippen LogP contribution in [0, 0.1) is 0 Å². The van der Waals surface area contributed by atoms with Crippen molar-refractivity contribution in [1.82, 2.24) is 10.2 Å². The fourth-order valence-electron chi connectivity index (χ4n) is 1.96. The molecule has 1 N–H and O–H groups in total. The van der Waals surface area contributed by atoms with Gasteiger partial charge in [-0.1, -0.05) is 15.9 Å². The molecule has 0 spiro atoms. The molecule has 1 aromatic carbocycles. The summed E-state index contributed by atoms with van der Waals surface area (Å²) >= 11 is 6.60. The van der Waals surface area contributed by atoms with Crippen molar-refractivity contribution in [3.63, 3.8) is 0 Å². The molecule has 106 valence electrons. The molecule has 1 saturated heterocycles. The predicted octanol–water partition coefficient (Wildman–Crippen LogP) is 2.09. The van der Waals surface area contributed by atoms with Crippen molar-refractivity contribution in [2.75, 3.05) is 7.05 Å². The number of carbonyl (C=O) groups is 3. The zero-order valence-electron chi connectivity index (χ0n) is 10.7. The van der Waals surface area contributed by atoms with Crippen LogP contribution in [0.2, 0.25) is 0 Å². The van der Waals surface area contributed by atoms with Gasteiger partial charge in [-0.05, 0) is 40.5 Å². The minimum Gasteiger partial charge on any atom is -0.340 e. The molecule has 7 heteroatoms. The van der Waals surface area contributed by atoms with Gasteiger partial charge in [0.15, 0.2) is 0 Å². The summed E-state index contributed by atoms with van der Waals surface area (Å²) in [5.41, 5.74) is 0.437. The van der Waals surface area contributed by atoms with Crippen LogP contribution in [0.15, 0.2) is 27.1 Å². The number of hydrogen-bond donors (Lipinski definition) is 1. The average Bonchev–Trinajstić information content (AvgIpc) is 2.42. The van der Waals surface area contributed by atoms with Crippen LogP contribution >= 0.6 is 31.9 Å². The molecule has 20 heavy (non-hydrogen) atoms. The van der Waals surface area contributed by atoms with E-state index in [1.165, 1.54) is 7.05 Å². The number of benzene rings is 1. The van der Waals surface area contributed by atoms with Crippen molar-refractivity contribution in [1.29, 1.82) is 0 Å². The molecule has 0 bridgehead atoms. The molecule has 0 aliphatic carbocycles. The van der Waals surface area contributed by atoms with Crippen LogP contribution in [0.1, 0.15) is 23.2 Å². The van der Waals surface area contributed by atoms with Gasteiger partial charge in [-0.25, -0.2) is 0 Å². The van der Waals surface area contributed by atoms with Gasteiger partial charge in [0.05, 0.1) is 5.56 Å². The van der Waals surface area contributed by atoms with Crippen molar-refractivity contribution in [3.05, 3.63) is 32.7 Å². The van der Waals surface area contributed by atoms with E-state index >= 15 is 0 Å². The van der Waals surface area contributed by atoms with Crippen molar-refractivity contribution >= 4 is 49.6 Å². The maximum Gasteiger partial charge on any atom is 0.253 e. The van der Waals surface area contributed by atoms with Crippen molar-refractivity contribution in [3.8, 4) is 0 Å². The second-order valence-corrected chi connectivity index (χ2v) is 6.25. The molecular formula is C13H12Br2N2O3. The second kappa shape index (κ2) is 6.05. The third kappa shape index (κ3) is 3.09. The van der Waals surface area contributed by atoms with Crippen LogP contribution in [0.5, 0.6) is 0 Å². The first-order chi connectivity index (χ1) is 9.40. The molecule has 1 atom stereocenters. The highest BCUT2D eigenvalue weighted by Gasteiger charge is 2.33. The average molecular weight is 404 g/mol. The summed E-state index contributed by atoms with van der Waals surface area (Å²) in [7, 11) is 1.43. The highest BCUT2D eigenvalue weighted by molar-refractivity contribution is 9.11. The van der Waals surface area contributed by atoms with E-state index in [1.54, 1.807) is 18.2 Å². The number of nitrogens with one attached hydrogen (secondary N) is 1. The van der Waals surface area contributed by atoms with Gasteiger partial charge >= 0.3 is 0 Å². The van der Waals surface area contributed by atoms with Gasteiger partial charge in [0, 0.05) is 22.4 Å². The molecule has 5 nitrogen and oxygen atoms in total. The fourth-order valence-corrected chi connectivity index (χ4v) is 2.74. The lowest BCUT2D eigenvalue weighted by molar-refractivity contribution is -0.147. The van der Waals surface area contributed by atoms with Crippen molar-refractivity contribution in [2.24, 2.45) is 0 Å². The van der Waals surface area contributed by atoms with Crippen molar-refractivity contribution < 1.29 is 14.4 Å². The Balaban J connectivity index is 2.14. The van der Waals surface area contributed by atoms with E-state index in [0.29, 0.717) is 16.5 Å². The van der Waals surface area contributed by atoms with Crippen LogP contribution in [0.3, 0.4) is 0 Å². The Morgan fingerprint density at radius 1 is 1.35 bits per heavy atom. The lowest BCUT2D eigenvalue weighted by atomic mass is 10.0. The maximum absolute atomic E-state index is 12.2. The number of nitrogens with zero attached hydrogens (tertiary/aromatic N) is 1. The quantitative estimate of drug-likeness (QED) is 0.769. The number of halogens is 2. The SMILES string of the molecule is CN1C(=O)CCC(NC(=O)c2cc(Br)ccc2Br)C1=O. The van der Waals surface area contributed by atoms with Crippen LogP contribution in [-0.2, 0) is 9.59 Å². The lowest BCUT2D eigenvalue weighted by Crippen LogP contribution is -2.52. The lowest BCUT2D eigenvalue weighted by Gasteiger charge is -2.28. The minimum absolute atomic E-state index is 0.218. The molecular weight excluding hydrogens is 392 g/mol. The molecule has 1 aromatic rings. The van der Waals surface area contributed by atoms with Gasteiger partial charge in [-0.15, -0.1) is 0 Å². The molecule has 1 aliphatic rings. The summed E-state index contributed by atoms with van der Waals surface area (Å²) in [5.74, 6) is -0.941. The monoisotopic (exact) mass is 402 g/mol. The van der Waals surface area contributed by atoms with E-state index in [9.17, 15) is 14.4 Å². The minimum atomic E-state index is -0.656. The number of carbonyl (C=O) groups excluding carboxylic acids is 3. The number of rotatable bonds is 2. The first-order valence-electron chi connectivity index (χ1n) is 5.96. The van der Waals surface area contributed by atoms with Crippen LogP contribution in [-0.4, -0.2) is 35.7 Å². The predicted molar refractivity (Wildman–Crippen MR) is 80.1 cm³/mol. The molecule has 3 amide bonds. The van der Waals surface area contributed by atoms with E-state index in [2.05, 4.69) is 37.2 Å². The van der Waals surface area contributed by atoms with Crippen LogP contribution in [0.25, 0.3) is 0 Å². The molecule has 0 saturated carbocycles. The summed E-state index contributed by atoms with van der Waals surface area (Å²) in [6, 6.07) is 4.56. The summed E-state index contributed by atoms with van der Waals surface area (Å²) in [4.78, 5) is 36.6. The Morgan fingerprint density at radius 3 is 2.75 bits per heavy atom. The summed E-state index contributed by atoms with van der Waals surface area (Å²) in [6.45, 7) is 0. The molecule has 1 unspecified atom stereocenters. The Hall–Kier alpha value is -1.21. The van der Waals surface area contributed by atoms with Gasteiger partial charge in [0.1, 0.15) is 6.04 Å². The Kier molecular flexibility index (Phi) is 4.59. The van der Waals surface area contributed by atoms with Gasteiger partial charge < -0.3 is 5.32 Å². The van der Waals surface area contributed by atoms with E-state index in [-0.39, 0.29) is 24.1 Å². The normalized spacial score (nSPS) is 19.1. The highest BCUT2D eigenvalue weighted by atomic mass is 79.9. The third-order valence-corrected chi connectivity index (χ3v) is 4.31. The number of hydrogen-bond acceptors (Lipinski definition) is 3. The molecule has 2 rings (SSSR count). The molecule has 1 heterocycles. The first-order valence-corrected chi connectivity index (χ1v) is 7.55. The van der Waals surface area contributed by atoms with Gasteiger partial charge in [-0.2, -0.15) is 0 Å². The first kappa shape index (κ1) is 15.2. The highest BCUT2D eigenvalue weighted by Crippen LogP contribution is 2.22. The maximum atomic E-state index is 12.2. The van der Waals surface area contributed by atoms with Crippen LogP contribution in [0.4, 0.5) is 0 Å². The zero-order chi connectivity index (χ0) is 14.9. The Morgan fingerprint density at radius 2 is 2.05 bits per heavy atom. The van der Waals surface area contributed by atoms with E-state index in [4.69, 9.17) is 0 Å². The molecule has 1 aliphatic heterocycles. The molecule has 0 aromatic heterocycles. The number of amides is 3. The summed E-state index contributed by atoms with van der Waals surface area (Å²) in [6.07, 6.45) is 0.589. The van der Waals surface area contributed by atoms with Gasteiger partial charge in [0.25, 0.3) is 11.8 Å². The Labute approximate surface area is 133 Å². The zero-order valence-corrected chi connectivity index (χ0v) is 13.8. The number of piperidine rings is 1. The summed E-state index contributed by atoms with van der Waals surface area (Å²) < 4.78 is 1.42. The van der Waals surface area contributed by atoms with Gasteiger partial charge in [0.2, 0.25) is 5.91 Å².